The van der Waals surface area contributed by atoms with Gasteiger partial charge < -0.3 is 10.2 Å². The molecule has 0 aliphatic rings. The Hall–Kier alpha value is -0.710. The number of unbranched alkanes of at least 4 members (excludes halogenated alkanes) is 2. The Bertz CT molecular complexity index is 245. The van der Waals surface area contributed by atoms with Gasteiger partial charge in [0.2, 0.25) is 0 Å². The molecule has 0 fully saturated rings. The molecular weight excluding hydrogens is 240 g/mol. The van der Waals surface area contributed by atoms with Crippen LogP contribution < -0.4 is 0 Å². The maximum Gasteiger partial charge on any atom is 0.319 e. The number of aliphatic carboxylic acids is 2. The lowest BCUT2D eigenvalue weighted by Crippen LogP contribution is -2.36. The van der Waals surface area contributed by atoms with E-state index < -0.39 is 16.7 Å². The van der Waals surface area contributed by atoms with Crippen molar-refractivity contribution in [3.8, 4) is 0 Å². The molecule has 0 amide bonds. The minimum atomic E-state index is -0.950. The summed E-state index contributed by atoms with van der Waals surface area (Å²) in [6.45, 7) is 4.02. The second-order valence-electron chi connectivity index (χ2n) is 4.19. The van der Waals surface area contributed by atoms with Gasteiger partial charge >= 0.3 is 11.9 Å². The smallest absolute Gasteiger partial charge is 0.319 e. The van der Waals surface area contributed by atoms with Gasteiger partial charge in [-0.2, -0.15) is 0 Å². The van der Waals surface area contributed by atoms with Crippen molar-refractivity contribution in [3.05, 3.63) is 0 Å². The molecule has 0 aliphatic carbocycles. The Balaban J connectivity index is 4.68. The van der Waals surface area contributed by atoms with Crippen LogP contribution in [0.3, 0.4) is 0 Å². The molecule has 0 radical (unpaired) electrons. The molecule has 5 heteroatoms. The van der Waals surface area contributed by atoms with Crippen LogP contribution in [0.1, 0.15) is 52.4 Å². The monoisotopic (exact) mass is 262 g/mol. The van der Waals surface area contributed by atoms with E-state index in [1.807, 2.05) is 13.8 Å². The van der Waals surface area contributed by atoms with Gasteiger partial charge in [-0.3, -0.25) is 9.59 Å². The molecule has 0 aromatic rings. The van der Waals surface area contributed by atoms with Crippen LogP contribution in [0.25, 0.3) is 0 Å². The lowest BCUT2D eigenvalue weighted by Gasteiger charge is -2.28. The fraction of sp³-hybridized carbons (Fsp3) is 0.833. The molecule has 0 aliphatic heterocycles. The van der Waals surface area contributed by atoms with E-state index in [1.165, 1.54) is 0 Å². The highest BCUT2D eigenvalue weighted by Gasteiger charge is 2.38. The third kappa shape index (κ3) is 5.96. The van der Waals surface area contributed by atoms with E-state index >= 15 is 0 Å². The molecule has 2 N–H and O–H groups in total. The standard InChI is InChI=1S/C12H22O4S/c1-3-5-7-12(11(15)16,8-6-4-2)17-9-10(13)14/h3-9H2,1-2H3,(H,13,14)(H,15,16). The third-order valence-corrected chi connectivity index (χ3v) is 4.26. The zero-order valence-electron chi connectivity index (χ0n) is 10.6. The van der Waals surface area contributed by atoms with Crippen molar-refractivity contribution in [2.45, 2.75) is 57.1 Å². The summed E-state index contributed by atoms with van der Waals surface area (Å²) in [7, 11) is 0. The maximum atomic E-state index is 11.4. The zero-order chi connectivity index (χ0) is 13.3. The summed E-state index contributed by atoms with van der Waals surface area (Å²) in [4.78, 5) is 22.0. The van der Waals surface area contributed by atoms with Gasteiger partial charge in [-0.05, 0) is 12.8 Å². The number of carbonyl (C=O) groups is 2. The van der Waals surface area contributed by atoms with Crippen LogP contribution in [0.15, 0.2) is 0 Å². The van der Waals surface area contributed by atoms with E-state index in [9.17, 15) is 14.7 Å². The Morgan fingerprint density at radius 2 is 1.53 bits per heavy atom. The van der Waals surface area contributed by atoms with Crippen LogP contribution in [-0.4, -0.2) is 32.7 Å². The number of thioether (sulfide) groups is 1. The summed E-state index contributed by atoms with van der Waals surface area (Å²) in [6.07, 6.45) is 4.60. The second-order valence-corrected chi connectivity index (χ2v) is 5.55. The average molecular weight is 262 g/mol. The van der Waals surface area contributed by atoms with Crippen molar-refractivity contribution >= 4 is 23.7 Å². The second kappa shape index (κ2) is 8.39. The van der Waals surface area contributed by atoms with Gasteiger partial charge in [0.05, 0.1) is 5.75 Å². The van der Waals surface area contributed by atoms with Crippen molar-refractivity contribution in [1.29, 1.82) is 0 Å². The summed E-state index contributed by atoms with van der Waals surface area (Å²) in [5.41, 5.74) is 0. The van der Waals surface area contributed by atoms with Gasteiger partial charge in [-0.15, -0.1) is 11.8 Å². The summed E-state index contributed by atoms with van der Waals surface area (Å²) in [5.74, 6) is -1.96. The fourth-order valence-electron chi connectivity index (χ4n) is 1.67. The fourth-order valence-corrected chi connectivity index (χ4v) is 2.77. The first kappa shape index (κ1) is 16.3. The van der Waals surface area contributed by atoms with Crippen LogP contribution in [0.4, 0.5) is 0 Å². The molecule has 0 aromatic carbocycles. The minimum absolute atomic E-state index is 0.139. The van der Waals surface area contributed by atoms with Crippen molar-refractivity contribution < 1.29 is 19.8 Å². The first-order chi connectivity index (χ1) is 7.98. The molecule has 0 bridgehead atoms. The number of hydrogen-bond acceptors (Lipinski definition) is 3. The highest BCUT2D eigenvalue weighted by atomic mass is 32.2. The van der Waals surface area contributed by atoms with Crippen molar-refractivity contribution in [3.63, 3.8) is 0 Å². The highest BCUT2D eigenvalue weighted by Crippen LogP contribution is 2.36. The Morgan fingerprint density at radius 1 is 1.06 bits per heavy atom. The predicted molar refractivity (Wildman–Crippen MR) is 69.5 cm³/mol. The van der Waals surface area contributed by atoms with Crippen LogP contribution in [-0.2, 0) is 9.59 Å². The average Bonchev–Trinajstić information content (AvgIpc) is 2.28. The van der Waals surface area contributed by atoms with Gasteiger partial charge in [0.15, 0.2) is 0 Å². The number of rotatable bonds is 10. The molecule has 0 saturated carbocycles. The van der Waals surface area contributed by atoms with Crippen molar-refractivity contribution in [1.82, 2.24) is 0 Å². The lowest BCUT2D eigenvalue weighted by molar-refractivity contribution is -0.140. The van der Waals surface area contributed by atoms with Crippen LogP contribution >= 0.6 is 11.8 Å². The molecule has 17 heavy (non-hydrogen) atoms. The number of carboxylic acids is 2. The van der Waals surface area contributed by atoms with E-state index in [2.05, 4.69) is 0 Å². The van der Waals surface area contributed by atoms with Gasteiger partial charge in [0, 0.05) is 0 Å². The molecule has 100 valence electrons. The summed E-state index contributed by atoms with van der Waals surface area (Å²) < 4.78 is -0.912. The topological polar surface area (TPSA) is 74.6 Å². The molecule has 0 saturated heterocycles. The maximum absolute atomic E-state index is 11.4. The van der Waals surface area contributed by atoms with E-state index in [0.717, 1.165) is 37.4 Å². The Kier molecular flexibility index (Phi) is 8.04. The van der Waals surface area contributed by atoms with E-state index in [0.29, 0.717) is 12.8 Å². The van der Waals surface area contributed by atoms with Crippen LogP contribution in [0.2, 0.25) is 0 Å². The molecule has 0 unspecified atom stereocenters. The van der Waals surface area contributed by atoms with E-state index in [-0.39, 0.29) is 5.75 Å². The van der Waals surface area contributed by atoms with E-state index in [4.69, 9.17) is 5.11 Å². The minimum Gasteiger partial charge on any atom is -0.481 e. The van der Waals surface area contributed by atoms with E-state index in [1.54, 1.807) is 0 Å². The Labute approximate surface area is 107 Å². The molecule has 0 spiro atoms. The van der Waals surface area contributed by atoms with Crippen molar-refractivity contribution in [2.24, 2.45) is 0 Å². The first-order valence-corrected chi connectivity index (χ1v) is 7.06. The first-order valence-electron chi connectivity index (χ1n) is 6.07. The molecule has 0 rings (SSSR count). The van der Waals surface area contributed by atoms with Crippen molar-refractivity contribution in [2.75, 3.05) is 5.75 Å². The van der Waals surface area contributed by atoms with Crippen LogP contribution in [0, 0.1) is 0 Å². The van der Waals surface area contributed by atoms with Gasteiger partial charge in [-0.25, -0.2) is 0 Å². The molecule has 0 heterocycles. The van der Waals surface area contributed by atoms with Gasteiger partial charge in [-0.1, -0.05) is 39.5 Å². The Morgan fingerprint density at radius 3 is 1.82 bits per heavy atom. The third-order valence-electron chi connectivity index (χ3n) is 2.73. The summed E-state index contributed by atoms with van der Waals surface area (Å²) in [6, 6.07) is 0. The lowest BCUT2D eigenvalue weighted by atomic mass is 9.95. The number of hydrogen-bond donors (Lipinski definition) is 2. The normalized spacial score (nSPS) is 11.4. The number of carboxylic acid groups (broad SMARTS) is 2. The molecule has 0 aromatic heterocycles. The quantitative estimate of drug-likeness (QED) is 0.633. The predicted octanol–water partition coefficient (Wildman–Crippen LogP) is 3.01. The van der Waals surface area contributed by atoms with Gasteiger partial charge in [0.1, 0.15) is 4.75 Å². The molecule has 0 atom stereocenters. The summed E-state index contributed by atoms with van der Waals surface area (Å²) >= 11 is 1.07. The molecular formula is C12H22O4S. The largest absolute Gasteiger partial charge is 0.481 e. The highest BCUT2D eigenvalue weighted by molar-refractivity contribution is 8.02. The SMILES string of the molecule is CCCCC(CCCC)(SCC(=O)O)C(=O)O. The molecule has 4 nitrogen and oxygen atoms in total. The van der Waals surface area contributed by atoms with Crippen LogP contribution in [0.5, 0.6) is 0 Å². The van der Waals surface area contributed by atoms with Gasteiger partial charge in [0.25, 0.3) is 0 Å². The zero-order valence-corrected chi connectivity index (χ0v) is 11.4. The summed E-state index contributed by atoms with van der Waals surface area (Å²) in [5, 5.41) is 18.1.